The van der Waals surface area contributed by atoms with Gasteiger partial charge in [-0.15, -0.1) is 0 Å². The quantitative estimate of drug-likeness (QED) is 0.168. The van der Waals surface area contributed by atoms with E-state index in [0.717, 1.165) is 9.13 Å². The molecule has 2 aromatic rings. The Morgan fingerprint density at radius 3 is 1.67 bits per heavy atom. The van der Waals surface area contributed by atoms with Gasteiger partial charge in [-0.1, -0.05) is 30.3 Å². The lowest BCUT2D eigenvalue weighted by Crippen LogP contribution is -3.61. The number of aryl methyl sites for hydroxylation is 1. The van der Waals surface area contributed by atoms with Crippen molar-refractivity contribution >= 4 is 20.2 Å². The molecular weight excluding hydrogens is 581 g/mol. The normalized spacial score (nSPS) is 12.7. The Morgan fingerprint density at radius 2 is 1.23 bits per heavy atom. The van der Waals surface area contributed by atoms with Gasteiger partial charge in [0.2, 0.25) is 3.57 Å². The third-order valence-electron chi connectivity index (χ3n) is 2.88. The fourth-order valence-corrected chi connectivity index (χ4v) is 4.71. The number of alkyl halides is 6. The van der Waals surface area contributed by atoms with E-state index in [4.69, 9.17) is 13.0 Å². The third-order valence-corrected chi connectivity index (χ3v) is 7.68. The molecule has 0 aliphatic heterocycles. The lowest BCUT2D eigenvalue weighted by atomic mass is 10.2. The monoisotopic (exact) mass is 592 g/mol. The fraction of sp³-hybridized carbons (Fsp3) is 0.200. The summed E-state index contributed by atoms with van der Waals surface area (Å²) in [5, 5.41) is 0. The number of hydrogen-bond donors (Lipinski definition) is 0. The number of halogens is 7. The Kier molecular flexibility index (Phi) is 8.54. The molecule has 0 aliphatic rings. The van der Waals surface area contributed by atoms with Crippen LogP contribution >= 0.6 is 0 Å². The molecule has 0 unspecified atom stereocenters. The summed E-state index contributed by atoms with van der Waals surface area (Å²) in [6.07, 6.45) is 0. The van der Waals surface area contributed by atoms with Crippen molar-refractivity contribution in [3.8, 4) is 5.75 Å². The summed E-state index contributed by atoms with van der Waals surface area (Å²) in [7, 11) is -11.7. The zero-order valence-electron chi connectivity index (χ0n) is 14.5. The van der Waals surface area contributed by atoms with Crippen LogP contribution in [0.25, 0.3) is 0 Å². The summed E-state index contributed by atoms with van der Waals surface area (Å²) >= 11 is -0.863. The van der Waals surface area contributed by atoms with Crippen molar-refractivity contribution in [1.29, 1.82) is 0 Å². The molecule has 0 bridgehead atoms. The highest BCUT2D eigenvalue weighted by atomic mass is 127. The van der Waals surface area contributed by atoms with E-state index in [-0.39, 0.29) is 5.75 Å². The molecule has 0 fully saturated rings. The van der Waals surface area contributed by atoms with E-state index < -0.39 is 52.5 Å². The van der Waals surface area contributed by atoms with E-state index in [1.165, 1.54) is 12.1 Å². The maximum Gasteiger partial charge on any atom is 0.534 e. The zero-order chi connectivity index (χ0) is 23.4. The van der Waals surface area contributed by atoms with Gasteiger partial charge in [-0.25, -0.2) is 8.42 Å². The molecule has 0 saturated heterocycles. The lowest BCUT2D eigenvalue weighted by molar-refractivity contribution is -0.598. The molecule has 0 aliphatic carbocycles. The van der Waals surface area contributed by atoms with E-state index in [1.54, 1.807) is 12.1 Å². The SMILES string of the molecule is Cc1ccccc1[I+]c1ccccc1OS(=O)(=O)C(F)(F)F.O=S(=O)([O-])C(F)(F)F. The highest BCUT2D eigenvalue weighted by Gasteiger charge is 2.49. The van der Waals surface area contributed by atoms with E-state index >= 15 is 0 Å². The molecule has 0 aromatic heterocycles. The summed E-state index contributed by atoms with van der Waals surface area (Å²) < 4.78 is 124. The second kappa shape index (κ2) is 9.69. The Hall–Kier alpha value is -1.59. The Morgan fingerprint density at radius 1 is 0.800 bits per heavy atom. The molecule has 0 radical (unpaired) electrons. The van der Waals surface area contributed by atoms with Crippen LogP contribution in [0.15, 0.2) is 48.5 Å². The second-order valence-electron chi connectivity index (χ2n) is 5.16. The first-order valence-corrected chi connectivity index (χ1v) is 12.3. The molecule has 2 rings (SSSR count). The van der Waals surface area contributed by atoms with Crippen LogP contribution in [0.4, 0.5) is 26.3 Å². The summed E-state index contributed by atoms with van der Waals surface area (Å²) in [6, 6.07) is 13.4. The second-order valence-corrected chi connectivity index (χ2v) is 10.9. The van der Waals surface area contributed by atoms with Crippen LogP contribution in [0.3, 0.4) is 0 Å². The zero-order valence-corrected chi connectivity index (χ0v) is 18.3. The van der Waals surface area contributed by atoms with Gasteiger partial charge in [-0.3, -0.25) is 0 Å². The summed E-state index contributed by atoms with van der Waals surface area (Å²) in [6.45, 7) is 1.89. The maximum absolute atomic E-state index is 12.4. The van der Waals surface area contributed by atoms with Crippen molar-refractivity contribution in [2.45, 2.75) is 17.9 Å². The average molecular weight is 592 g/mol. The number of para-hydroxylation sites is 1. The van der Waals surface area contributed by atoms with Crippen LogP contribution in [0.5, 0.6) is 5.75 Å². The largest absolute Gasteiger partial charge is 0.741 e. The van der Waals surface area contributed by atoms with Crippen LogP contribution < -0.4 is 25.4 Å². The predicted octanol–water partition coefficient (Wildman–Crippen LogP) is 0.403. The van der Waals surface area contributed by atoms with Gasteiger partial charge in [0.25, 0.3) is 0 Å². The van der Waals surface area contributed by atoms with Crippen LogP contribution in [-0.2, 0) is 20.2 Å². The minimum absolute atomic E-state index is 0.268. The average Bonchev–Trinajstić information content (AvgIpc) is 2.56. The highest BCUT2D eigenvalue weighted by molar-refractivity contribution is 7.88. The van der Waals surface area contributed by atoms with Gasteiger partial charge in [0.05, 0.1) is 0 Å². The molecule has 30 heavy (non-hydrogen) atoms. The van der Waals surface area contributed by atoms with Gasteiger partial charge >= 0.3 is 42.3 Å². The first kappa shape index (κ1) is 26.4. The topological polar surface area (TPSA) is 101 Å². The van der Waals surface area contributed by atoms with E-state index in [1.807, 2.05) is 31.2 Å². The van der Waals surface area contributed by atoms with Gasteiger partial charge in [0.15, 0.2) is 19.4 Å². The Labute approximate surface area is 178 Å². The summed E-state index contributed by atoms with van der Waals surface area (Å²) in [4.78, 5) is 0. The van der Waals surface area contributed by atoms with Crippen LogP contribution in [-0.4, -0.2) is 32.4 Å². The van der Waals surface area contributed by atoms with Crippen LogP contribution in [0.2, 0.25) is 0 Å². The van der Waals surface area contributed by atoms with Crippen LogP contribution in [0, 0.1) is 14.1 Å². The summed E-state index contributed by atoms with van der Waals surface area (Å²) in [5.74, 6) is -0.268. The maximum atomic E-state index is 12.4. The molecule has 0 atom stereocenters. The van der Waals surface area contributed by atoms with Gasteiger partial charge in [0, 0.05) is 5.56 Å². The van der Waals surface area contributed by atoms with Crippen molar-refractivity contribution in [2.24, 2.45) is 0 Å². The van der Waals surface area contributed by atoms with Crippen LogP contribution in [0.1, 0.15) is 5.56 Å². The number of rotatable bonds is 4. The number of benzene rings is 2. The standard InChI is InChI=1S/C14H11F3IO3S.CHF3O3S/c1-10-6-2-3-7-11(10)18-12-8-4-5-9-13(12)21-22(19,20)14(15,16)17;2-1(3,4)8(5,6)7/h2-9H,1H3;(H,5,6,7)/q+1;/p-1. The van der Waals surface area contributed by atoms with Gasteiger partial charge in [-0.2, -0.15) is 34.8 Å². The van der Waals surface area contributed by atoms with E-state index in [2.05, 4.69) is 4.18 Å². The van der Waals surface area contributed by atoms with Crippen molar-refractivity contribution in [3.05, 3.63) is 61.2 Å². The molecule has 2 aromatic carbocycles. The third kappa shape index (κ3) is 7.59. The molecule has 15 heteroatoms. The molecule has 6 nitrogen and oxygen atoms in total. The molecule has 0 N–H and O–H groups in total. The van der Waals surface area contributed by atoms with Crippen molar-refractivity contribution in [2.75, 3.05) is 0 Å². The molecule has 0 heterocycles. The summed E-state index contributed by atoms with van der Waals surface area (Å²) in [5.41, 5.74) is -10.1. The minimum Gasteiger partial charge on any atom is -0.741 e. The molecule has 0 amide bonds. The Bertz CT molecular complexity index is 1080. The molecule has 168 valence electrons. The molecule has 0 spiro atoms. The molecular formula is C15H11F6IO6S2. The first-order chi connectivity index (χ1) is 13.5. The smallest absolute Gasteiger partial charge is 0.534 e. The number of hydrogen-bond acceptors (Lipinski definition) is 6. The van der Waals surface area contributed by atoms with Crippen molar-refractivity contribution in [3.63, 3.8) is 0 Å². The van der Waals surface area contributed by atoms with Gasteiger partial charge in [0.1, 0.15) is 0 Å². The van der Waals surface area contributed by atoms with E-state index in [0.29, 0.717) is 3.57 Å². The van der Waals surface area contributed by atoms with E-state index in [9.17, 15) is 34.8 Å². The highest BCUT2D eigenvalue weighted by Crippen LogP contribution is 2.26. The van der Waals surface area contributed by atoms with Crippen molar-refractivity contribution < 1.29 is 73.1 Å². The lowest BCUT2D eigenvalue weighted by Gasteiger charge is -2.09. The Balaban J connectivity index is 0.000000479. The predicted molar refractivity (Wildman–Crippen MR) is 86.4 cm³/mol. The first-order valence-electron chi connectivity index (χ1n) is 7.28. The molecule has 0 saturated carbocycles. The minimum atomic E-state index is -6.09. The fourth-order valence-electron chi connectivity index (χ4n) is 1.52. The van der Waals surface area contributed by atoms with Gasteiger partial charge < -0.3 is 8.74 Å². The van der Waals surface area contributed by atoms with Gasteiger partial charge in [-0.05, 0) is 25.1 Å². The van der Waals surface area contributed by atoms with Crippen molar-refractivity contribution in [1.82, 2.24) is 0 Å².